The van der Waals surface area contributed by atoms with Crippen LogP contribution in [0.3, 0.4) is 0 Å². The van der Waals surface area contributed by atoms with E-state index >= 15 is 0 Å². The molecule has 0 saturated heterocycles. The number of rotatable bonds is 5. The van der Waals surface area contributed by atoms with Crippen molar-refractivity contribution in [3.05, 3.63) is 121 Å². The summed E-state index contributed by atoms with van der Waals surface area (Å²) >= 11 is 0. The maximum atomic E-state index is 8.05. The first-order valence-electron chi connectivity index (χ1n) is 11.2. The van der Waals surface area contributed by atoms with Crippen molar-refractivity contribution >= 4 is 39.4 Å². The number of pyridine rings is 1. The first-order valence-corrected chi connectivity index (χ1v) is 11.2. The number of anilines is 2. The Kier molecular flexibility index (Phi) is 4.89. The van der Waals surface area contributed by atoms with Crippen LogP contribution in [0.2, 0.25) is 0 Å². The largest absolute Gasteiger partial charge is 0.355 e. The third-order valence-corrected chi connectivity index (χ3v) is 6.15. The number of nitrogens with one attached hydrogen (secondary N) is 2. The Labute approximate surface area is 197 Å². The molecule has 0 fully saturated rings. The van der Waals surface area contributed by atoms with E-state index in [0.717, 1.165) is 50.2 Å². The molecule has 0 aliphatic rings. The van der Waals surface area contributed by atoms with Gasteiger partial charge < -0.3 is 15.3 Å². The molecule has 4 nitrogen and oxygen atoms in total. The summed E-state index contributed by atoms with van der Waals surface area (Å²) in [6, 6.07) is 35.4. The average Bonchev–Trinajstić information content (AvgIpc) is 3.22. The number of fused-ring (bicyclic) bond motifs is 3. The van der Waals surface area contributed by atoms with Gasteiger partial charge in [-0.2, -0.15) is 0 Å². The van der Waals surface area contributed by atoms with E-state index in [1.54, 1.807) is 6.20 Å². The van der Waals surface area contributed by atoms with Crippen molar-refractivity contribution in [2.24, 2.45) is 0 Å². The third-order valence-electron chi connectivity index (χ3n) is 6.15. The molecule has 4 aromatic carbocycles. The van der Waals surface area contributed by atoms with Crippen molar-refractivity contribution < 1.29 is 0 Å². The molecule has 4 heteroatoms. The van der Waals surface area contributed by atoms with E-state index in [9.17, 15) is 0 Å². The summed E-state index contributed by atoms with van der Waals surface area (Å²) in [4.78, 5) is 4.29. The Hall–Kier alpha value is -4.70. The van der Waals surface area contributed by atoms with Crippen molar-refractivity contribution in [1.82, 2.24) is 9.55 Å². The lowest BCUT2D eigenvalue weighted by atomic mass is 10.1. The highest BCUT2D eigenvalue weighted by Gasteiger charge is 2.15. The first-order chi connectivity index (χ1) is 16.8. The van der Waals surface area contributed by atoms with E-state index < -0.39 is 0 Å². The molecule has 34 heavy (non-hydrogen) atoms. The average molecular weight is 439 g/mol. The van der Waals surface area contributed by atoms with E-state index in [0.29, 0.717) is 0 Å². The third kappa shape index (κ3) is 3.42. The predicted octanol–water partition coefficient (Wildman–Crippen LogP) is 7.59. The summed E-state index contributed by atoms with van der Waals surface area (Å²) in [5.41, 5.74) is 8.26. The van der Waals surface area contributed by atoms with Crippen LogP contribution >= 0.6 is 0 Å². The highest BCUT2D eigenvalue weighted by molar-refractivity contribution is 6.12. The fourth-order valence-corrected chi connectivity index (χ4v) is 4.57. The molecule has 2 heterocycles. The van der Waals surface area contributed by atoms with Crippen LogP contribution in [0.4, 0.5) is 11.4 Å². The molecule has 2 aromatic heterocycles. The van der Waals surface area contributed by atoms with Gasteiger partial charge in [0.25, 0.3) is 0 Å². The molecule has 6 rings (SSSR count). The number of nitrogens with zero attached hydrogens (tertiary/aromatic N) is 2. The quantitative estimate of drug-likeness (QED) is 0.272. The van der Waals surface area contributed by atoms with Crippen LogP contribution in [0.15, 0.2) is 116 Å². The van der Waals surface area contributed by atoms with E-state index in [2.05, 4.69) is 81.6 Å². The van der Waals surface area contributed by atoms with Gasteiger partial charge in [0.2, 0.25) is 0 Å². The van der Waals surface area contributed by atoms with Crippen molar-refractivity contribution in [3.8, 4) is 16.8 Å². The lowest BCUT2D eigenvalue weighted by molar-refractivity contribution is 1.18. The maximum absolute atomic E-state index is 8.05. The molecular weight excluding hydrogens is 416 g/mol. The van der Waals surface area contributed by atoms with E-state index in [-0.39, 0.29) is 0 Å². The summed E-state index contributed by atoms with van der Waals surface area (Å²) < 4.78 is 2.30. The van der Waals surface area contributed by atoms with Gasteiger partial charge in [-0.1, -0.05) is 54.6 Å². The standard InChI is InChI=1S/C30H22N4/c31-19-23-17-27-26-13-4-5-14-29(26)34(30(27)18-28(23)33-24-10-2-1-3-11-24)25-12-6-8-21(16-25)22-9-7-15-32-20-22/h1-20,31,33H. The summed E-state index contributed by atoms with van der Waals surface area (Å²) in [6.45, 7) is 0. The van der Waals surface area contributed by atoms with Crippen molar-refractivity contribution in [2.45, 2.75) is 0 Å². The number of hydrogen-bond donors (Lipinski definition) is 2. The van der Waals surface area contributed by atoms with Crippen LogP contribution in [-0.2, 0) is 0 Å². The molecule has 0 atom stereocenters. The summed E-state index contributed by atoms with van der Waals surface area (Å²) in [6.07, 6.45) is 5.10. The van der Waals surface area contributed by atoms with E-state index in [1.165, 1.54) is 11.6 Å². The Morgan fingerprint density at radius 1 is 0.706 bits per heavy atom. The topological polar surface area (TPSA) is 53.7 Å². The van der Waals surface area contributed by atoms with Gasteiger partial charge >= 0.3 is 0 Å². The number of para-hydroxylation sites is 2. The predicted molar refractivity (Wildman–Crippen MR) is 142 cm³/mol. The zero-order chi connectivity index (χ0) is 22.9. The van der Waals surface area contributed by atoms with Crippen LogP contribution < -0.4 is 5.32 Å². The van der Waals surface area contributed by atoms with Crippen LogP contribution in [0.25, 0.3) is 38.6 Å². The van der Waals surface area contributed by atoms with Crippen molar-refractivity contribution in [3.63, 3.8) is 0 Å². The van der Waals surface area contributed by atoms with Gasteiger partial charge in [-0.05, 0) is 54.1 Å². The highest BCUT2D eigenvalue weighted by atomic mass is 15.0. The Morgan fingerprint density at radius 3 is 2.35 bits per heavy atom. The second-order valence-corrected chi connectivity index (χ2v) is 8.24. The molecule has 0 bridgehead atoms. The zero-order valence-electron chi connectivity index (χ0n) is 18.4. The van der Waals surface area contributed by atoms with Crippen LogP contribution in [0.5, 0.6) is 0 Å². The minimum Gasteiger partial charge on any atom is -0.355 e. The second kappa shape index (κ2) is 8.34. The van der Waals surface area contributed by atoms with Crippen molar-refractivity contribution in [2.75, 3.05) is 5.32 Å². The lowest BCUT2D eigenvalue weighted by Gasteiger charge is -2.13. The highest BCUT2D eigenvalue weighted by Crippen LogP contribution is 2.36. The summed E-state index contributed by atoms with van der Waals surface area (Å²) in [5.74, 6) is 0. The molecule has 162 valence electrons. The van der Waals surface area contributed by atoms with E-state index in [1.807, 2.05) is 42.6 Å². The van der Waals surface area contributed by atoms with Gasteiger partial charge in [0.05, 0.1) is 11.0 Å². The van der Waals surface area contributed by atoms with Gasteiger partial charge in [-0.25, -0.2) is 0 Å². The fourth-order valence-electron chi connectivity index (χ4n) is 4.57. The first kappa shape index (κ1) is 19.9. The minimum atomic E-state index is 0.850. The maximum Gasteiger partial charge on any atom is 0.0562 e. The Balaban J connectivity index is 1.60. The van der Waals surface area contributed by atoms with Gasteiger partial charge in [0.15, 0.2) is 0 Å². The molecule has 0 saturated carbocycles. The normalized spacial score (nSPS) is 11.1. The number of aromatic nitrogens is 2. The molecule has 2 N–H and O–H groups in total. The van der Waals surface area contributed by atoms with Crippen LogP contribution in [-0.4, -0.2) is 15.8 Å². The van der Waals surface area contributed by atoms with Crippen LogP contribution in [0.1, 0.15) is 5.56 Å². The molecule has 0 radical (unpaired) electrons. The molecule has 6 aromatic rings. The number of benzene rings is 4. The lowest BCUT2D eigenvalue weighted by Crippen LogP contribution is -1.98. The summed E-state index contributed by atoms with van der Waals surface area (Å²) in [5, 5.41) is 13.8. The summed E-state index contributed by atoms with van der Waals surface area (Å²) in [7, 11) is 0. The zero-order valence-corrected chi connectivity index (χ0v) is 18.4. The van der Waals surface area contributed by atoms with Gasteiger partial charge in [0, 0.05) is 57.6 Å². The van der Waals surface area contributed by atoms with Gasteiger partial charge in [0.1, 0.15) is 0 Å². The monoisotopic (exact) mass is 438 g/mol. The molecule has 0 aliphatic heterocycles. The molecule has 0 aliphatic carbocycles. The molecule has 0 spiro atoms. The van der Waals surface area contributed by atoms with Crippen LogP contribution in [0, 0.1) is 5.41 Å². The smallest absolute Gasteiger partial charge is 0.0562 e. The SMILES string of the molecule is N=Cc1cc2c3ccccc3n(-c3cccc(-c4cccnc4)c3)c2cc1Nc1ccccc1. The number of hydrogen-bond acceptors (Lipinski definition) is 3. The molecular formula is C30H22N4. The minimum absolute atomic E-state index is 0.850. The van der Waals surface area contributed by atoms with E-state index in [4.69, 9.17) is 5.41 Å². The van der Waals surface area contributed by atoms with Gasteiger partial charge in [-0.15, -0.1) is 0 Å². The fraction of sp³-hybridized carbons (Fsp3) is 0. The molecule has 0 amide bonds. The Morgan fingerprint density at radius 2 is 1.53 bits per heavy atom. The second-order valence-electron chi connectivity index (χ2n) is 8.24. The Bertz CT molecular complexity index is 1630. The van der Waals surface area contributed by atoms with Gasteiger partial charge in [-0.3, -0.25) is 4.98 Å². The molecule has 0 unspecified atom stereocenters. The van der Waals surface area contributed by atoms with Crippen molar-refractivity contribution in [1.29, 1.82) is 5.41 Å².